The molecule has 0 aliphatic carbocycles. The van der Waals surface area contributed by atoms with Crippen LogP contribution in [-0.4, -0.2) is 46.6 Å². The zero-order valence-corrected chi connectivity index (χ0v) is 18.7. The fourth-order valence-electron chi connectivity index (χ4n) is 4.55. The van der Waals surface area contributed by atoms with Gasteiger partial charge in [-0.3, -0.25) is 9.59 Å². The summed E-state index contributed by atoms with van der Waals surface area (Å²) >= 11 is 6.17. The summed E-state index contributed by atoms with van der Waals surface area (Å²) in [4.78, 5) is 27.2. The van der Waals surface area contributed by atoms with E-state index >= 15 is 0 Å². The van der Waals surface area contributed by atoms with Crippen molar-refractivity contribution in [2.24, 2.45) is 0 Å². The molecule has 5 rings (SSSR count). The van der Waals surface area contributed by atoms with Crippen LogP contribution in [0.4, 0.5) is 4.39 Å². The second kappa shape index (κ2) is 8.51. The number of hydrogen-bond donors (Lipinski definition) is 1. The Morgan fingerprint density at radius 3 is 2.73 bits per heavy atom. The summed E-state index contributed by atoms with van der Waals surface area (Å²) < 4.78 is 20.8. The van der Waals surface area contributed by atoms with E-state index in [1.807, 2.05) is 11.0 Å². The zero-order valence-electron chi connectivity index (χ0n) is 18.0. The molecular formula is C24H22ClFN4O3. The lowest BCUT2D eigenvalue weighted by molar-refractivity contribution is -0.121. The van der Waals surface area contributed by atoms with Crippen LogP contribution in [-0.2, 0) is 11.3 Å². The van der Waals surface area contributed by atoms with Gasteiger partial charge in [-0.05, 0) is 43.2 Å². The van der Waals surface area contributed by atoms with E-state index in [-0.39, 0.29) is 30.1 Å². The van der Waals surface area contributed by atoms with Crippen molar-refractivity contribution in [1.82, 2.24) is 19.9 Å². The first-order chi connectivity index (χ1) is 15.9. The second-order valence-corrected chi connectivity index (χ2v) is 8.72. The summed E-state index contributed by atoms with van der Waals surface area (Å²) in [5.41, 5.74) is 2.58. The maximum atomic E-state index is 13.7. The lowest BCUT2D eigenvalue weighted by Gasteiger charge is -2.31. The molecule has 0 spiro atoms. The quantitative estimate of drug-likeness (QED) is 0.483. The van der Waals surface area contributed by atoms with Crippen molar-refractivity contribution in [2.75, 3.05) is 20.1 Å². The van der Waals surface area contributed by atoms with Crippen molar-refractivity contribution in [3.8, 4) is 0 Å². The van der Waals surface area contributed by atoms with E-state index in [0.29, 0.717) is 47.5 Å². The minimum absolute atomic E-state index is 0.0884. The Kier molecular flexibility index (Phi) is 5.54. The third-order valence-corrected chi connectivity index (χ3v) is 6.53. The molecule has 0 saturated carbocycles. The number of nitrogens with zero attached hydrogens (tertiary/aromatic N) is 3. The molecule has 2 aromatic heterocycles. The highest BCUT2D eigenvalue weighted by atomic mass is 35.5. The van der Waals surface area contributed by atoms with E-state index in [9.17, 15) is 14.0 Å². The summed E-state index contributed by atoms with van der Waals surface area (Å²) in [6.07, 6.45) is 3.12. The number of carbonyl (C=O) groups is 2. The Morgan fingerprint density at radius 1 is 1.18 bits per heavy atom. The number of piperidine rings is 1. The van der Waals surface area contributed by atoms with Gasteiger partial charge in [0.15, 0.2) is 5.58 Å². The van der Waals surface area contributed by atoms with Gasteiger partial charge in [-0.1, -0.05) is 22.8 Å². The third kappa shape index (κ3) is 3.95. The Morgan fingerprint density at radius 2 is 1.97 bits per heavy atom. The number of aromatic nitrogens is 2. The molecule has 0 atom stereocenters. The van der Waals surface area contributed by atoms with Gasteiger partial charge >= 0.3 is 0 Å². The number of fused-ring (bicyclic) bond motifs is 2. The predicted octanol–water partition coefficient (Wildman–Crippen LogP) is 4.34. The van der Waals surface area contributed by atoms with Gasteiger partial charge in [-0.15, -0.1) is 0 Å². The van der Waals surface area contributed by atoms with Crippen molar-refractivity contribution in [3.05, 3.63) is 64.7 Å². The lowest BCUT2D eigenvalue weighted by atomic mass is 9.91. The van der Waals surface area contributed by atoms with Crippen molar-refractivity contribution in [1.29, 1.82) is 0 Å². The topological polar surface area (TPSA) is 80.4 Å². The van der Waals surface area contributed by atoms with Crippen LogP contribution >= 0.6 is 11.6 Å². The van der Waals surface area contributed by atoms with Gasteiger partial charge in [0.2, 0.25) is 5.91 Å². The maximum absolute atomic E-state index is 13.7. The van der Waals surface area contributed by atoms with Crippen molar-refractivity contribution < 1.29 is 18.5 Å². The third-order valence-electron chi connectivity index (χ3n) is 6.30. The highest BCUT2D eigenvalue weighted by molar-refractivity contribution is 6.31. The average molecular weight is 469 g/mol. The van der Waals surface area contributed by atoms with Crippen molar-refractivity contribution >= 4 is 45.3 Å². The maximum Gasteiger partial charge on any atom is 0.256 e. The van der Waals surface area contributed by atoms with E-state index in [4.69, 9.17) is 16.1 Å². The van der Waals surface area contributed by atoms with Gasteiger partial charge in [0.05, 0.1) is 16.8 Å². The number of nitrogens with one attached hydrogen (secondary N) is 1. The van der Waals surface area contributed by atoms with Gasteiger partial charge in [0.25, 0.3) is 5.91 Å². The van der Waals surface area contributed by atoms with Crippen LogP contribution in [0, 0.1) is 5.82 Å². The molecular weight excluding hydrogens is 447 g/mol. The fraction of sp³-hybridized carbons (Fsp3) is 0.292. The normalized spacial score (nSPS) is 14.8. The number of benzene rings is 2. The molecule has 0 bridgehead atoms. The standard InChI is InChI=1S/C24H22ClFN4O3/c1-27-22(31)13-30-12-19(17-4-2-15(25)10-20(17)30)24(32)29-8-6-14(7-9-29)23-18-11-16(26)3-5-21(18)33-28-23/h2-5,10-12,14H,6-9,13H2,1H3,(H,27,31). The van der Waals surface area contributed by atoms with E-state index < -0.39 is 0 Å². The summed E-state index contributed by atoms with van der Waals surface area (Å²) in [5.74, 6) is -0.492. The van der Waals surface area contributed by atoms with Crippen LogP contribution < -0.4 is 5.32 Å². The number of hydrogen-bond acceptors (Lipinski definition) is 4. The number of likely N-dealkylation sites (tertiary alicyclic amines) is 1. The van der Waals surface area contributed by atoms with Crippen molar-refractivity contribution in [3.63, 3.8) is 0 Å². The van der Waals surface area contributed by atoms with Crippen LogP contribution in [0.1, 0.15) is 34.8 Å². The molecule has 33 heavy (non-hydrogen) atoms. The van der Waals surface area contributed by atoms with Gasteiger partial charge in [0, 0.05) is 48.0 Å². The molecule has 2 amide bonds. The second-order valence-electron chi connectivity index (χ2n) is 8.28. The molecule has 0 unspecified atom stereocenters. The molecule has 1 N–H and O–H groups in total. The van der Waals surface area contributed by atoms with Crippen LogP contribution in [0.3, 0.4) is 0 Å². The summed E-state index contributed by atoms with van der Waals surface area (Å²) in [6.45, 7) is 1.18. The van der Waals surface area contributed by atoms with Crippen molar-refractivity contribution in [2.45, 2.75) is 25.3 Å². The average Bonchev–Trinajstić information content (AvgIpc) is 3.39. The van der Waals surface area contributed by atoms with Crippen LogP contribution in [0.25, 0.3) is 21.9 Å². The van der Waals surface area contributed by atoms with Gasteiger partial charge in [-0.2, -0.15) is 0 Å². The van der Waals surface area contributed by atoms with Gasteiger partial charge in [-0.25, -0.2) is 4.39 Å². The summed E-state index contributed by atoms with van der Waals surface area (Å²) in [6, 6.07) is 9.70. The van der Waals surface area contributed by atoms with E-state index in [2.05, 4.69) is 10.5 Å². The monoisotopic (exact) mass is 468 g/mol. The smallest absolute Gasteiger partial charge is 0.256 e. The highest BCUT2D eigenvalue weighted by Gasteiger charge is 2.29. The molecule has 7 nitrogen and oxygen atoms in total. The van der Waals surface area contributed by atoms with Gasteiger partial charge < -0.3 is 19.3 Å². The van der Waals surface area contributed by atoms with E-state index in [1.54, 1.807) is 36.0 Å². The molecule has 0 radical (unpaired) electrons. The Bertz CT molecular complexity index is 1370. The molecule has 170 valence electrons. The number of likely N-dealkylation sites (N-methyl/N-ethyl adjacent to an activating group) is 1. The number of carbonyl (C=O) groups excluding carboxylic acids is 2. The number of rotatable bonds is 4. The minimum Gasteiger partial charge on any atom is -0.358 e. The van der Waals surface area contributed by atoms with Crippen LogP contribution in [0.2, 0.25) is 5.02 Å². The first-order valence-electron chi connectivity index (χ1n) is 10.8. The van der Waals surface area contributed by atoms with E-state index in [0.717, 1.165) is 16.6 Å². The Hall–Kier alpha value is -3.39. The summed E-state index contributed by atoms with van der Waals surface area (Å²) in [7, 11) is 1.57. The zero-order chi connectivity index (χ0) is 23.1. The number of amides is 2. The molecule has 1 aliphatic rings. The molecule has 1 aliphatic heterocycles. The fourth-order valence-corrected chi connectivity index (χ4v) is 4.72. The van der Waals surface area contributed by atoms with Crippen LogP contribution in [0.5, 0.6) is 0 Å². The minimum atomic E-state index is -0.326. The first kappa shape index (κ1) is 21.5. The first-order valence-corrected chi connectivity index (χ1v) is 11.2. The molecule has 2 aromatic carbocycles. The predicted molar refractivity (Wildman–Crippen MR) is 123 cm³/mol. The summed E-state index contributed by atoms with van der Waals surface area (Å²) in [5, 5.41) is 8.76. The highest BCUT2D eigenvalue weighted by Crippen LogP contribution is 2.34. The Labute approximate surface area is 194 Å². The molecule has 4 aromatic rings. The van der Waals surface area contributed by atoms with Crippen LogP contribution in [0.15, 0.2) is 47.1 Å². The molecule has 3 heterocycles. The molecule has 9 heteroatoms. The molecule has 1 saturated heterocycles. The number of halogens is 2. The Balaban J connectivity index is 1.37. The van der Waals surface area contributed by atoms with E-state index in [1.165, 1.54) is 12.1 Å². The SMILES string of the molecule is CNC(=O)Cn1cc(C(=O)N2CCC(c3noc4ccc(F)cc34)CC2)c2ccc(Cl)cc21. The van der Waals surface area contributed by atoms with Gasteiger partial charge in [0.1, 0.15) is 12.4 Å². The largest absolute Gasteiger partial charge is 0.358 e. The molecule has 1 fully saturated rings. The lowest BCUT2D eigenvalue weighted by Crippen LogP contribution is -2.38.